The average Bonchev–Trinajstić information content (AvgIpc) is 2.83. The van der Waals surface area contributed by atoms with Gasteiger partial charge in [-0.2, -0.15) is 17.0 Å². The highest BCUT2D eigenvalue weighted by molar-refractivity contribution is 7.98. The largest absolute Gasteiger partial charge is 0.493 e. The van der Waals surface area contributed by atoms with Crippen molar-refractivity contribution in [3.05, 3.63) is 95.1 Å². The number of amides is 1. The summed E-state index contributed by atoms with van der Waals surface area (Å²) in [6.07, 6.45) is 0. The second-order valence-electron chi connectivity index (χ2n) is 6.72. The number of nitriles is 1. The molecule has 0 bridgehead atoms. The van der Waals surface area contributed by atoms with E-state index in [4.69, 9.17) is 14.7 Å². The quantitative estimate of drug-likeness (QED) is 0.466. The van der Waals surface area contributed by atoms with Gasteiger partial charge in [-0.15, -0.1) is 0 Å². The van der Waals surface area contributed by atoms with Crippen molar-refractivity contribution < 1.29 is 14.3 Å². The van der Waals surface area contributed by atoms with Gasteiger partial charge in [0.2, 0.25) is 0 Å². The van der Waals surface area contributed by atoms with Crippen molar-refractivity contribution in [2.24, 2.45) is 0 Å². The number of ether oxygens (including phenoxy) is 2. The molecule has 0 aliphatic rings. The van der Waals surface area contributed by atoms with Gasteiger partial charge in [-0.25, -0.2) is 0 Å². The summed E-state index contributed by atoms with van der Waals surface area (Å²) in [6, 6.07) is 24.8. The zero-order valence-electron chi connectivity index (χ0n) is 17.3. The lowest BCUT2D eigenvalue weighted by molar-refractivity contribution is 0.0955. The first-order chi connectivity index (χ1) is 15.2. The predicted molar refractivity (Wildman–Crippen MR) is 123 cm³/mol. The van der Waals surface area contributed by atoms with E-state index in [0.717, 1.165) is 22.6 Å². The van der Waals surface area contributed by atoms with E-state index in [0.29, 0.717) is 35.8 Å². The monoisotopic (exact) mass is 432 g/mol. The summed E-state index contributed by atoms with van der Waals surface area (Å²) < 4.78 is 11.2. The lowest BCUT2D eigenvalue weighted by Crippen LogP contribution is -2.25. The molecule has 0 saturated heterocycles. The summed E-state index contributed by atoms with van der Waals surface area (Å²) in [5, 5.41) is 12.1. The number of carbonyl (C=O) groups excluding carboxylic acids is 1. The molecule has 31 heavy (non-hydrogen) atoms. The lowest BCUT2D eigenvalue weighted by atomic mass is 10.1. The lowest BCUT2D eigenvalue weighted by Gasteiger charge is -2.12. The van der Waals surface area contributed by atoms with Gasteiger partial charge in [0.1, 0.15) is 6.61 Å². The van der Waals surface area contributed by atoms with Crippen molar-refractivity contribution in [3.8, 4) is 17.6 Å². The maximum atomic E-state index is 12.5. The van der Waals surface area contributed by atoms with E-state index in [1.54, 1.807) is 37.1 Å². The van der Waals surface area contributed by atoms with Crippen LogP contribution in [-0.2, 0) is 12.4 Å². The molecule has 0 saturated carbocycles. The molecule has 0 aliphatic heterocycles. The molecule has 158 valence electrons. The summed E-state index contributed by atoms with van der Waals surface area (Å²) in [7, 11) is 1.56. The minimum absolute atomic E-state index is 0.161. The van der Waals surface area contributed by atoms with Crippen molar-refractivity contribution in [3.63, 3.8) is 0 Å². The SMILES string of the molecule is COc1cc(C(=O)NCCSCc2ccccc2C#N)ccc1OCc1ccccc1. The summed E-state index contributed by atoms with van der Waals surface area (Å²) >= 11 is 1.68. The maximum Gasteiger partial charge on any atom is 0.251 e. The van der Waals surface area contributed by atoms with Crippen LogP contribution in [0.1, 0.15) is 27.0 Å². The first kappa shape index (κ1) is 22.3. The van der Waals surface area contributed by atoms with E-state index in [1.807, 2.05) is 54.6 Å². The second-order valence-corrected chi connectivity index (χ2v) is 7.82. The Hall–Kier alpha value is -3.43. The first-order valence-electron chi connectivity index (χ1n) is 9.90. The van der Waals surface area contributed by atoms with Crippen molar-refractivity contribution in [2.75, 3.05) is 19.4 Å². The molecular formula is C25H24N2O3S. The van der Waals surface area contributed by atoms with Crippen molar-refractivity contribution >= 4 is 17.7 Å². The van der Waals surface area contributed by atoms with E-state index < -0.39 is 0 Å². The third kappa shape index (κ3) is 6.53. The number of nitrogens with one attached hydrogen (secondary N) is 1. The molecule has 0 heterocycles. The van der Waals surface area contributed by atoms with Crippen LogP contribution in [-0.4, -0.2) is 25.3 Å². The topological polar surface area (TPSA) is 71.3 Å². The van der Waals surface area contributed by atoms with E-state index in [2.05, 4.69) is 11.4 Å². The van der Waals surface area contributed by atoms with E-state index in [9.17, 15) is 4.79 Å². The Morgan fingerprint density at radius 3 is 2.58 bits per heavy atom. The van der Waals surface area contributed by atoms with Gasteiger partial charge in [0.05, 0.1) is 18.7 Å². The Kier molecular flexibility index (Phi) is 8.39. The Balaban J connectivity index is 1.48. The Labute approximate surface area is 187 Å². The number of nitrogens with zero attached hydrogens (tertiary/aromatic N) is 1. The number of methoxy groups -OCH3 is 1. The van der Waals surface area contributed by atoms with Crippen molar-refractivity contribution in [1.29, 1.82) is 5.26 Å². The normalized spacial score (nSPS) is 10.2. The molecule has 1 N–H and O–H groups in total. The van der Waals surface area contributed by atoms with Gasteiger partial charge in [0, 0.05) is 23.6 Å². The second kappa shape index (κ2) is 11.7. The summed E-state index contributed by atoms with van der Waals surface area (Å²) in [4.78, 5) is 12.5. The molecule has 0 spiro atoms. The fourth-order valence-electron chi connectivity index (χ4n) is 2.94. The zero-order chi connectivity index (χ0) is 21.9. The van der Waals surface area contributed by atoms with Crippen LogP contribution < -0.4 is 14.8 Å². The van der Waals surface area contributed by atoms with Gasteiger partial charge in [-0.3, -0.25) is 4.79 Å². The summed E-state index contributed by atoms with van der Waals surface area (Å²) in [6.45, 7) is 0.960. The Bertz CT molecular complexity index is 1050. The molecule has 1 amide bonds. The minimum Gasteiger partial charge on any atom is -0.493 e. The van der Waals surface area contributed by atoms with E-state index >= 15 is 0 Å². The minimum atomic E-state index is -0.161. The number of thioether (sulfide) groups is 1. The molecule has 3 rings (SSSR count). The van der Waals surface area contributed by atoms with Gasteiger partial charge < -0.3 is 14.8 Å². The molecular weight excluding hydrogens is 408 g/mol. The van der Waals surface area contributed by atoms with Crippen molar-refractivity contribution in [2.45, 2.75) is 12.4 Å². The van der Waals surface area contributed by atoms with Crippen LogP contribution in [0.15, 0.2) is 72.8 Å². The summed E-state index contributed by atoms with van der Waals surface area (Å²) in [5.74, 6) is 2.44. The van der Waals surface area contributed by atoms with Crippen LogP contribution in [0.4, 0.5) is 0 Å². The number of hydrogen-bond acceptors (Lipinski definition) is 5. The number of carbonyl (C=O) groups is 1. The van der Waals surface area contributed by atoms with Gasteiger partial charge in [0.15, 0.2) is 11.5 Å². The first-order valence-corrected chi connectivity index (χ1v) is 11.1. The standard InChI is InChI=1S/C25H24N2O3S/c1-29-24-15-20(11-12-23(24)30-17-19-7-3-2-4-8-19)25(28)27-13-14-31-18-22-10-6-5-9-21(22)16-26/h2-12,15H,13-14,17-18H2,1H3,(H,27,28). The van der Waals surface area contributed by atoms with Crippen LogP contribution in [0.3, 0.4) is 0 Å². The smallest absolute Gasteiger partial charge is 0.251 e. The van der Waals surface area contributed by atoms with E-state index in [-0.39, 0.29) is 5.91 Å². The maximum absolute atomic E-state index is 12.5. The van der Waals surface area contributed by atoms with Gasteiger partial charge in [-0.1, -0.05) is 48.5 Å². The molecule has 0 radical (unpaired) electrons. The van der Waals surface area contributed by atoms with Crippen LogP contribution >= 0.6 is 11.8 Å². The molecule has 0 aromatic heterocycles. The molecule has 3 aromatic rings. The van der Waals surface area contributed by atoms with E-state index in [1.165, 1.54) is 0 Å². The highest BCUT2D eigenvalue weighted by Crippen LogP contribution is 2.29. The molecule has 6 heteroatoms. The highest BCUT2D eigenvalue weighted by atomic mass is 32.2. The molecule has 3 aromatic carbocycles. The van der Waals surface area contributed by atoms with Crippen molar-refractivity contribution in [1.82, 2.24) is 5.32 Å². The van der Waals surface area contributed by atoms with Gasteiger partial charge in [0.25, 0.3) is 5.91 Å². The average molecular weight is 433 g/mol. The highest BCUT2D eigenvalue weighted by Gasteiger charge is 2.11. The fourth-order valence-corrected chi connectivity index (χ4v) is 3.80. The molecule has 0 aliphatic carbocycles. The predicted octanol–water partition coefficient (Wildman–Crippen LogP) is 4.81. The number of rotatable bonds is 10. The summed E-state index contributed by atoms with van der Waals surface area (Å²) in [5.41, 5.74) is 3.28. The van der Waals surface area contributed by atoms with Crippen LogP contribution in [0, 0.1) is 11.3 Å². The van der Waals surface area contributed by atoms with Crippen LogP contribution in [0.2, 0.25) is 0 Å². The Morgan fingerprint density at radius 1 is 1.03 bits per heavy atom. The molecule has 0 fully saturated rings. The third-order valence-electron chi connectivity index (χ3n) is 4.59. The fraction of sp³-hybridized carbons (Fsp3) is 0.200. The van der Waals surface area contributed by atoms with Gasteiger partial charge in [-0.05, 0) is 35.4 Å². The molecule has 0 unspecified atom stereocenters. The third-order valence-corrected chi connectivity index (χ3v) is 5.60. The zero-order valence-corrected chi connectivity index (χ0v) is 18.2. The molecule has 5 nitrogen and oxygen atoms in total. The number of hydrogen-bond donors (Lipinski definition) is 1. The van der Waals surface area contributed by atoms with Gasteiger partial charge >= 0.3 is 0 Å². The number of benzene rings is 3. The molecule has 0 atom stereocenters. The van der Waals surface area contributed by atoms with Crippen LogP contribution in [0.25, 0.3) is 0 Å². The van der Waals surface area contributed by atoms with Crippen LogP contribution in [0.5, 0.6) is 11.5 Å². The Morgan fingerprint density at radius 2 is 1.81 bits per heavy atom.